The van der Waals surface area contributed by atoms with Gasteiger partial charge >= 0.3 is 0 Å². The van der Waals surface area contributed by atoms with Crippen LogP contribution in [0.2, 0.25) is 0 Å². The minimum atomic E-state index is -3.99. The Morgan fingerprint density at radius 2 is 2.00 bits per heavy atom. The summed E-state index contributed by atoms with van der Waals surface area (Å²) in [6.07, 6.45) is -1.43. The van der Waals surface area contributed by atoms with E-state index in [0.717, 1.165) is 4.31 Å². The number of hydrogen-bond donors (Lipinski definition) is 2. The molecule has 2 N–H and O–H groups in total. The molecule has 27 heavy (non-hydrogen) atoms. The highest BCUT2D eigenvalue weighted by atomic mass is 32.2. The van der Waals surface area contributed by atoms with Crippen LogP contribution in [0.3, 0.4) is 0 Å². The second-order valence-electron chi connectivity index (χ2n) is 6.27. The minimum Gasteiger partial charge on any atom is -0.478 e. The number of nitrogens with one attached hydrogen (secondary N) is 1. The van der Waals surface area contributed by atoms with Gasteiger partial charge in [-0.15, -0.1) is 5.92 Å². The van der Waals surface area contributed by atoms with Gasteiger partial charge in [0.05, 0.1) is 17.1 Å². The number of morpholine rings is 1. The van der Waals surface area contributed by atoms with Crippen LogP contribution < -0.4 is 10.2 Å². The number of hydroxylamine groups is 1. The van der Waals surface area contributed by atoms with Crippen molar-refractivity contribution in [2.24, 2.45) is 0 Å². The number of carbonyl (C=O) groups is 1. The number of ether oxygens (including phenoxy) is 2. The molecule has 1 amide bonds. The Kier molecular flexibility index (Phi) is 6.84. The molecule has 4 unspecified atom stereocenters. The molecule has 0 saturated carbocycles. The van der Waals surface area contributed by atoms with E-state index in [9.17, 15) is 13.2 Å². The fourth-order valence-electron chi connectivity index (χ4n) is 3.01. The average molecular weight is 396 g/mol. The molecule has 0 bridgehead atoms. The van der Waals surface area contributed by atoms with Gasteiger partial charge in [-0.1, -0.05) is 5.92 Å². The third-order valence-electron chi connectivity index (χ3n) is 4.11. The van der Waals surface area contributed by atoms with Gasteiger partial charge in [0.2, 0.25) is 10.0 Å². The molecule has 1 aromatic rings. The lowest BCUT2D eigenvalue weighted by Gasteiger charge is -2.40. The van der Waals surface area contributed by atoms with Crippen LogP contribution in [0, 0.1) is 11.8 Å². The van der Waals surface area contributed by atoms with E-state index in [2.05, 4.69) is 11.8 Å². The van der Waals surface area contributed by atoms with Gasteiger partial charge in [-0.3, -0.25) is 10.0 Å². The zero-order valence-electron chi connectivity index (χ0n) is 15.7. The van der Waals surface area contributed by atoms with Crippen molar-refractivity contribution in [3.63, 3.8) is 0 Å². The van der Waals surface area contributed by atoms with Crippen molar-refractivity contribution in [3.05, 3.63) is 24.3 Å². The van der Waals surface area contributed by atoms with E-state index in [1.807, 2.05) is 0 Å². The first-order chi connectivity index (χ1) is 12.7. The Hall–Kier alpha value is -2.12. The van der Waals surface area contributed by atoms with Crippen LogP contribution in [0.25, 0.3) is 0 Å². The normalized spacial score (nSPS) is 24.4. The average Bonchev–Trinajstić information content (AvgIpc) is 2.61. The summed E-state index contributed by atoms with van der Waals surface area (Å²) >= 11 is 0. The van der Waals surface area contributed by atoms with Gasteiger partial charge in [0.1, 0.15) is 11.8 Å². The van der Waals surface area contributed by atoms with E-state index in [-0.39, 0.29) is 17.5 Å². The number of sulfonamides is 1. The Labute approximate surface area is 159 Å². The number of rotatable bonds is 5. The molecular weight excluding hydrogens is 372 g/mol. The molecule has 1 heterocycles. The quantitative estimate of drug-likeness (QED) is 0.439. The molecule has 0 aromatic heterocycles. The largest absolute Gasteiger partial charge is 0.478 e. The highest BCUT2D eigenvalue weighted by Gasteiger charge is 2.44. The fourth-order valence-corrected chi connectivity index (χ4v) is 4.73. The van der Waals surface area contributed by atoms with E-state index in [0.29, 0.717) is 5.75 Å². The van der Waals surface area contributed by atoms with Gasteiger partial charge < -0.3 is 9.47 Å². The lowest BCUT2D eigenvalue weighted by atomic mass is 10.1. The topological polar surface area (TPSA) is 105 Å². The molecule has 0 spiro atoms. The highest BCUT2D eigenvalue weighted by Crippen LogP contribution is 2.27. The monoisotopic (exact) mass is 396 g/mol. The van der Waals surface area contributed by atoms with Crippen molar-refractivity contribution in [1.82, 2.24) is 9.79 Å². The molecule has 9 heteroatoms. The fraction of sp³-hybridized carbons (Fsp3) is 0.500. The van der Waals surface area contributed by atoms with Crippen molar-refractivity contribution in [2.45, 2.75) is 56.9 Å². The Balaban J connectivity index is 2.31. The summed E-state index contributed by atoms with van der Waals surface area (Å²) in [5.74, 6) is 5.23. The van der Waals surface area contributed by atoms with E-state index in [1.54, 1.807) is 27.7 Å². The van der Waals surface area contributed by atoms with Gasteiger partial charge in [-0.05, 0) is 52.0 Å². The van der Waals surface area contributed by atoms with Crippen LogP contribution >= 0.6 is 0 Å². The first kappa shape index (κ1) is 21.2. The van der Waals surface area contributed by atoms with Crippen LogP contribution in [-0.4, -0.2) is 54.7 Å². The predicted molar refractivity (Wildman–Crippen MR) is 97.6 cm³/mol. The zero-order valence-corrected chi connectivity index (χ0v) is 16.5. The van der Waals surface area contributed by atoms with Gasteiger partial charge in [-0.2, -0.15) is 4.31 Å². The van der Waals surface area contributed by atoms with Crippen LogP contribution in [0.4, 0.5) is 0 Å². The summed E-state index contributed by atoms with van der Waals surface area (Å²) in [5.41, 5.74) is 1.52. The molecule has 0 radical (unpaired) electrons. The molecule has 4 atom stereocenters. The summed E-state index contributed by atoms with van der Waals surface area (Å²) in [7, 11) is -3.99. The second kappa shape index (κ2) is 8.71. The van der Waals surface area contributed by atoms with Gasteiger partial charge in [-0.25, -0.2) is 13.9 Å². The lowest BCUT2D eigenvalue weighted by molar-refractivity contribution is -0.146. The number of carbonyl (C=O) groups excluding carboxylic acids is 1. The molecule has 1 fully saturated rings. The smallest absolute Gasteiger partial charge is 0.264 e. The summed E-state index contributed by atoms with van der Waals surface area (Å²) < 4.78 is 38.4. The molecule has 2 rings (SSSR count). The highest BCUT2D eigenvalue weighted by molar-refractivity contribution is 7.89. The standard InChI is InChI=1S/C18H24N2O6S/c1-5-6-12(2)26-15-7-9-16(10-8-15)27(23,24)20-11-13(3)25-14(4)17(20)18(21)19-22/h7-10,12-14,17,22H,11H2,1-4H3,(H,19,21). The van der Waals surface area contributed by atoms with Gasteiger partial charge in [0.15, 0.2) is 6.10 Å². The van der Waals surface area contributed by atoms with Gasteiger partial charge in [0, 0.05) is 6.54 Å². The molecule has 148 valence electrons. The maximum atomic E-state index is 13.1. The molecule has 8 nitrogen and oxygen atoms in total. The van der Waals surface area contributed by atoms with Crippen molar-refractivity contribution in [2.75, 3.05) is 6.54 Å². The molecule has 0 aliphatic carbocycles. The van der Waals surface area contributed by atoms with Crippen molar-refractivity contribution in [3.8, 4) is 17.6 Å². The maximum Gasteiger partial charge on any atom is 0.264 e. The molecule has 1 aliphatic heterocycles. The Morgan fingerprint density at radius 1 is 1.37 bits per heavy atom. The summed E-state index contributed by atoms with van der Waals surface area (Å²) in [4.78, 5) is 12.0. The summed E-state index contributed by atoms with van der Waals surface area (Å²) in [6, 6.07) is 4.72. The van der Waals surface area contributed by atoms with Crippen LogP contribution in [0.15, 0.2) is 29.2 Å². The van der Waals surface area contributed by atoms with E-state index < -0.39 is 34.2 Å². The molecule has 1 saturated heterocycles. The zero-order chi connectivity index (χ0) is 20.2. The van der Waals surface area contributed by atoms with Crippen LogP contribution in [-0.2, 0) is 19.6 Å². The van der Waals surface area contributed by atoms with Crippen molar-refractivity contribution >= 4 is 15.9 Å². The number of amides is 1. The van der Waals surface area contributed by atoms with E-state index in [4.69, 9.17) is 14.7 Å². The third-order valence-corrected chi connectivity index (χ3v) is 5.97. The van der Waals surface area contributed by atoms with Gasteiger partial charge in [0.25, 0.3) is 5.91 Å². The maximum absolute atomic E-state index is 13.1. The summed E-state index contributed by atoms with van der Waals surface area (Å²) in [5, 5.41) is 8.98. The van der Waals surface area contributed by atoms with Crippen molar-refractivity contribution in [1.29, 1.82) is 0 Å². The SMILES string of the molecule is CC#CC(C)Oc1ccc(S(=O)(=O)N2CC(C)OC(C)C2C(=O)NO)cc1. The number of hydrogen-bond acceptors (Lipinski definition) is 6. The first-order valence-electron chi connectivity index (χ1n) is 8.51. The second-order valence-corrected chi connectivity index (χ2v) is 8.16. The van der Waals surface area contributed by atoms with E-state index in [1.165, 1.54) is 29.7 Å². The minimum absolute atomic E-state index is 0.00780. The number of benzene rings is 1. The molecule has 1 aromatic carbocycles. The van der Waals surface area contributed by atoms with Crippen LogP contribution in [0.5, 0.6) is 5.75 Å². The lowest BCUT2D eigenvalue weighted by Crippen LogP contribution is -2.60. The summed E-state index contributed by atoms with van der Waals surface area (Å²) in [6.45, 7) is 6.80. The molecule has 1 aliphatic rings. The third kappa shape index (κ3) is 4.78. The van der Waals surface area contributed by atoms with Crippen molar-refractivity contribution < 1.29 is 27.9 Å². The predicted octanol–water partition coefficient (Wildman–Crippen LogP) is 1.15. The van der Waals surface area contributed by atoms with E-state index >= 15 is 0 Å². The molecular formula is C18H24N2O6S. The van der Waals surface area contributed by atoms with Crippen LogP contribution in [0.1, 0.15) is 27.7 Å². The first-order valence-corrected chi connectivity index (χ1v) is 9.95. The number of nitrogens with zero attached hydrogens (tertiary/aromatic N) is 1. The Morgan fingerprint density at radius 3 is 2.56 bits per heavy atom. The Bertz CT molecular complexity index is 828.